The molecule has 0 radical (unpaired) electrons. The Morgan fingerprint density at radius 3 is 2.39 bits per heavy atom. The first-order chi connectivity index (χ1) is 11.1. The van der Waals surface area contributed by atoms with Crippen molar-refractivity contribution < 1.29 is 19.4 Å². The Morgan fingerprint density at radius 1 is 1.00 bits per heavy atom. The highest BCUT2D eigenvalue weighted by atomic mass is 16.5. The van der Waals surface area contributed by atoms with E-state index in [1.165, 1.54) is 20.1 Å². The summed E-state index contributed by atoms with van der Waals surface area (Å²) in [6, 6.07) is 16.8. The fourth-order valence-corrected chi connectivity index (χ4v) is 2.66. The SMILES string of the molecule is COc1cc(OC(C)=O)c2c(-c3ccccc3)cccc2c1O. The maximum absolute atomic E-state index is 11.5. The molecule has 0 bridgehead atoms. The molecule has 0 aromatic heterocycles. The van der Waals surface area contributed by atoms with Crippen LogP contribution >= 0.6 is 0 Å². The molecule has 0 aliphatic carbocycles. The molecule has 0 atom stereocenters. The number of esters is 1. The minimum Gasteiger partial charge on any atom is -0.504 e. The molecule has 0 fully saturated rings. The van der Waals surface area contributed by atoms with Gasteiger partial charge in [-0.05, 0) is 11.1 Å². The number of methoxy groups -OCH3 is 1. The van der Waals surface area contributed by atoms with E-state index in [2.05, 4.69) is 0 Å². The van der Waals surface area contributed by atoms with Crippen molar-refractivity contribution >= 4 is 16.7 Å². The Hall–Kier alpha value is -3.01. The van der Waals surface area contributed by atoms with Gasteiger partial charge in [-0.3, -0.25) is 4.79 Å². The summed E-state index contributed by atoms with van der Waals surface area (Å²) in [6.45, 7) is 1.34. The number of ether oxygens (including phenoxy) is 2. The van der Waals surface area contributed by atoms with Crippen LogP contribution in [0.3, 0.4) is 0 Å². The quantitative estimate of drug-likeness (QED) is 0.583. The van der Waals surface area contributed by atoms with E-state index < -0.39 is 5.97 Å². The second-order valence-corrected chi connectivity index (χ2v) is 5.11. The lowest BCUT2D eigenvalue weighted by molar-refractivity contribution is -0.131. The third-order valence-electron chi connectivity index (χ3n) is 3.62. The average Bonchev–Trinajstić information content (AvgIpc) is 2.57. The van der Waals surface area contributed by atoms with Crippen LogP contribution in [0.5, 0.6) is 17.2 Å². The average molecular weight is 308 g/mol. The van der Waals surface area contributed by atoms with Crippen LogP contribution in [0.2, 0.25) is 0 Å². The molecule has 0 amide bonds. The minimum absolute atomic E-state index is 0.0242. The standard InChI is InChI=1S/C19H16O4/c1-12(20)23-16-11-17(22-2)19(21)15-10-6-9-14(18(15)16)13-7-4-3-5-8-13/h3-11,21H,1-2H3. The van der Waals surface area contributed by atoms with E-state index in [0.29, 0.717) is 16.5 Å². The maximum Gasteiger partial charge on any atom is 0.308 e. The van der Waals surface area contributed by atoms with Crippen LogP contribution in [0.1, 0.15) is 6.92 Å². The number of benzene rings is 3. The van der Waals surface area contributed by atoms with Crippen molar-refractivity contribution in [2.75, 3.05) is 7.11 Å². The van der Waals surface area contributed by atoms with E-state index >= 15 is 0 Å². The lowest BCUT2D eigenvalue weighted by atomic mass is 9.96. The maximum atomic E-state index is 11.5. The van der Waals surface area contributed by atoms with Crippen LogP contribution in [-0.2, 0) is 4.79 Å². The van der Waals surface area contributed by atoms with Crippen LogP contribution in [0, 0.1) is 0 Å². The third kappa shape index (κ3) is 2.71. The van der Waals surface area contributed by atoms with Crippen molar-refractivity contribution in [3.8, 4) is 28.4 Å². The Bertz CT molecular complexity index is 869. The molecule has 116 valence electrons. The first-order valence-corrected chi connectivity index (χ1v) is 7.18. The van der Waals surface area contributed by atoms with Crippen LogP contribution in [-0.4, -0.2) is 18.2 Å². The zero-order valence-corrected chi connectivity index (χ0v) is 12.9. The van der Waals surface area contributed by atoms with Gasteiger partial charge < -0.3 is 14.6 Å². The molecular weight excluding hydrogens is 292 g/mol. The molecule has 0 aliphatic heterocycles. The van der Waals surface area contributed by atoms with Crippen molar-refractivity contribution in [1.82, 2.24) is 0 Å². The number of phenols is 1. The van der Waals surface area contributed by atoms with Gasteiger partial charge in [0.05, 0.1) is 7.11 Å². The smallest absolute Gasteiger partial charge is 0.308 e. The molecule has 4 heteroatoms. The van der Waals surface area contributed by atoms with Crippen molar-refractivity contribution in [2.24, 2.45) is 0 Å². The zero-order chi connectivity index (χ0) is 16.4. The highest BCUT2D eigenvalue weighted by Gasteiger charge is 2.17. The minimum atomic E-state index is -0.429. The van der Waals surface area contributed by atoms with Crippen LogP contribution < -0.4 is 9.47 Å². The Balaban J connectivity index is 2.38. The van der Waals surface area contributed by atoms with Gasteiger partial charge in [0.2, 0.25) is 0 Å². The molecule has 0 aliphatic rings. The number of carbonyl (C=O) groups excluding carboxylic acids is 1. The topological polar surface area (TPSA) is 55.8 Å². The second kappa shape index (κ2) is 6.01. The molecular formula is C19H16O4. The predicted octanol–water partition coefficient (Wildman–Crippen LogP) is 4.15. The van der Waals surface area contributed by atoms with Crippen molar-refractivity contribution in [2.45, 2.75) is 6.92 Å². The number of fused-ring (bicyclic) bond motifs is 1. The van der Waals surface area contributed by atoms with Gasteiger partial charge >= 0.3 is 5.97 Å². The van der Waals surface area contributed by atoms with Crippen molar-refractivity contribution in [3.05, 3.63) is 54.6 Å². The van der Waals surface area contributed by atoms with Gasteiger partial charge in [0.1, 0.15) is 5.75 Å². The molecule has 0 unspecified atom stereocenters. The summed E-state index contributed by atoms with van der Waals surface area (Å²) < 4.78 is 10.5. The van der Waals surface area contributed by atoms with E-state index in [0.717, 1.165) is 11.1 Å². The van der Waals surface area contributed by atoms with E-state index in [-0.39, 0.29) is 11.5 Å². The van der Waals surface area contributed by atoms with Gasteiger partial charge in [-0.1, -0.05) is 48.5 Å². The molecule has 0 saturated carbocycles. The molecule has 0 heterocycles. The number of hydrogen-bond donors (Lipinski definition) is 1. The highest BCUT2D eigenvalue weighted by Crippen LogP contribution is 2.44. The lowest BCUT2D eigenvalue weighted by Gasteiger charge is -2.15. The van der Waals surface area contributed by atoms with Crippen LogP contribution in [0.25, 0.3) is 21.9 Å². The van der Waals surface area contributed by atoms with Gasteiger partial charge in [-0.2, -0.15) is 0 Å². The van der Waals surface area contributed by atoms with E-state index in [4.69, 9.17) is 9.47 Å². The number of hydrogen-bond acceptors (Lipinski definition) is 4. The zero-order valence-electron chi connectivity index (χ0n) is 12.9. The Kier molecular flexibility index (Phi) is 3.89. The molecule has 1 N–H and O–H groups in total. The largest absolute Gasteiger partial charge is 0.504 e. The Morgan fingerprint density at radius 2 is 1.74 bits per heavy atom. The van der Waals surface area contributed by atoms with Crippen LogP contribution in [0.15, 0.2) is 54.6 Å². The summed E-state index contributed by atoms with van der Waals surface area (Å²) in [6.07, 6.45) is 0. The fraction of sp³-hybridized carbons (Fsp3) is 0.105. The van der Waals surface area contributed by atoms with Crippen LogP contribution in [0.4, 0.5) is 0 Å². The number of carbonyl (C=O) groups is 1. The summed E-state index contributed by atoms with van der Waals surface area (Å²) in [4.78, 5) is 11.5. The first kappa shape index (κ1) is 14.9. The summed E-state index contributed by atoms with van der Waals surface area (Å²) in [5.74, 6) is 0.221. The van der Waals surface area contributed by atoms with E-state index in [1.54, 1.807) is 6.07 Å². The summed E-state index contributed by atoms with van der Waals surface area (Å²) in [7, 11) is 1.46. The molecule has 23 heavy (non-hydrogen) atoms. The molecule has 0 spiro atoms. The van der Waals surface area contributed by atoms with Gasteiger partial charge in [0, 0.05) is 23.8 Å². The molecule has 4 nitrogen and oxygen atoms in total. The molecule has 3 aromatic carbocycles. The highest BCUT2D eigenvalue weighted by molar-refractivity contribution is 6.05. The molecule has 3 rings (SSSR count). The number of rotatable bonds is 3. The monoisotopic (exact) mass is 308 g/mol. The van der Waals surface area contributed by atoms with E-state index in [9.17, 15) is 9.90 Å². The summed E-state index contributed by atoms with van der Waals surface area (Å²) in [5, 5.41) is 11.7. The van der Waals surface area contributed by atoms with E-state index in [1.807, 2.05) is 42.5 Å². The molecule has 0 saturated heterocycles. The van der Waals surface area contributed by atoms with Gasteiger partial charge in [-0.15, -0.1) is 0 Å². The third-order valence-corrected chi connectivity index (χ3v) is 3.62. The predicted molar refractivity (Wildman–Crippen MR) is 88.9 cm³/mol. The number of aromatic hydroxyl groups is 1. The van der Waals surface area contributed by atoms with Crippen molar-refractivity contribution in [1.29, 1.82) is 0 Å². The summed E-state index contributed by atoms with van der Waals surface area (Å²) >= 11 is 0. The first-order valence-electron chi connectivity index (χ1n) is 7.18. The van der Waals surface area contributed by atoms with Gasteiger partial charge in [0.15, 0.2) is 11.5 Å². The Labute approximate surface area is 133 Å². The second-order valence-electron chi connectivity index (χ2n) is 5.11. The van der Waals surface area contributed by atoms with Crippen molar-refractivity contribution in [3.63, 3.8) is 0 Å². The fourth-order valence-electron chi connectivity index (χ4n) is 2.66. The normalized spacial score (nSPS) is 10.5. The molecule has 3 aromatic rings. The summed E-state index contributed by atoms with van der Waals surface area (Å²) in [5.41, 5.74) is 1.84. The number of phenolic OH excluding ortho intramolecular Hbond substituents is 1. The lowest BCUT2D eigenvalue weighted by Crippen LogP contribution is -2.03. The van der Waals surface area contributed by atoms with Gasteiger partial charge in [0.25, 0.3) is 0 Å². The van der Waals surface area contributed by atoms with Gasteiger partial charge in [-0.25, -0.2) is 0 Å².